The van der Waals surface area contributed by atoms with Gasteiger partial charge in [0.25, 0.3) is 0 Å². The molecule has 0 saturated heterocycles. The van der Waals surface area contributed by atoms with Crippen molar-refractivity contribution < 1.29 is 0 Å². The second kappa shape index (κ2) is 6.20. The molecule has 5 nitrogen and oxygen atoms in total. The van der Waals surface area contributed by atoms with E-state index in [-0.39, 0.29) is 0 Å². The van der Waals surface area contributed by atoms with E-state index in [1.807, 2.05) is 31.8 Å². The minimum absolute atomic E-state index is 0.867. The molecule has 0 bridgehead atoms. The molecule has 2 N–H and O–H groups in total. The molecule has 0 spiro atoms. The number of imidazole rings is 2. The molecule has 2 aromatic heterocycles. The van der Waals surface area contributed by atoms with Gasteiger partial charge in [0, 0.05) is 37.4 Å². The number of hydrogen-bond donors (Lipinski definition) is 2. The molecule has 5 heteroatoms. The van der Waals surface area contributed by atoms with Crippen LogP contribution in [0.2, 0.25) is 0 Å². The predicted molar refractivity (Wildman–Crippen MR) is 66.5 cm³/mol. The molecule has 92 valence electrons. The zero-order valence-electron chi connectivity index (χ0n) is 10.2. The van der Waals surface area contributed by atoms with Gasteiger partial charge in [-0.3, -0.25) is 0 Å². The number of aromatic amines is 1. The highest BCUT2D eigenvalue weighted by Gasteiger charge is 1.96. The second-order valence-electron chi connectivity index (χ2n) is 4.18. The first-order chi connectivity index (χ1) is 8.34. The molecule has 2 heterocycles. The predicted octanol–water partition coefficient (Wildman–Crippen LogP) is 1.48. The first-order valence-corrected chi connectivity index (χ1v) is 6.01. The van der Waals surface area contributed by atoms with Gasteiger partial charge in [0.15, 0.2) is 0 Å². The molecule has 2 rings (SSSR count). The average molecular weight is 233 g/mol. The van der Waals surface area contributed by atoms with Gasteiger partial charge >= 0.3 is 0 Å². The van der Waals surface area contributed by atoms with Crippen molar-refractivity contribution in [1.82, 2.24) is 24.8 Å². The summed E-state index contributed by atoms with van der Waals surface area (Å²) in [5.41, 5.74) is 1.15. The topological polar surface area (TPSA) is 58.5 Å². The van der Waals surface area contributed by atoms with E-state index < -0.39 is 0 Å². The summed E-state index contributed by atoms with van der Waals surface area (Å²) in [7, 11) is 0. The maximum atomic E-state index is 4.16. The lowest BCUT2D eigenvalue weighted by Crippen LogP contribution is -2.15. The zero-order chi connectivity index (χ0) is 11.9. The van der Waals surface area contributed by atoms with Gasteiger partial charge in [-0.1, -0.05) is 0 Å². The third-order valence-corrected chi connectivity index (χ3v) is 2.65. The van der Waals surface area contributed by atoms with Crippen LogP contribution in [0, 0.1) is 6.92 Å². The Labute approximate surface area is 101 Å². The maximum Gasteiger partial charge on any atom is 0.103 e. The Hall–Kier alpha value is -1.62. The van der Waals surface area contributed by atoms with E-state index >= 15 is 0 Å². The molecule has 0 aliphatic heterocycles. The van der Waals surface area contributed by atoms with Gasteiger partial charge in [-0.15, -0.1) is 0 Å². The molecule has 0 aliphatic rings. The standard InChI is InChI=1S/C12H19N5/c1-11-15-9-12(16-11)8-13-4-2-3-6-17-7-5-14-10-17/h5,7,9-10,13H,2-4,6,8H2,1H3,(H,15,16). The van der Waals surface area contributed by atoms with Crippen LogP contribution in [0.5, 0.6) is 0 Å². The zero-order valence-corrected chi connectivity index (χ0v) is 10.2. The van der Waals surface area contributed by atoms with Gasteiger partial charge in [0.05, 0.1) is 6.33 Å². The highest BCUT2D eigenvalue weighted by molar-refractivity contribution is 4.98. The molecular weight excluding hydrogens is 214 g/mol. The number of nitrogens with zero attached hydrogens (tertiary/aromatic N) is 3. The fourth-order valence-corrected chi connectivity index (χ4v) is 1.75. The van der Waals surface area contributed by atoms with Crippen LogP contribution in [0.3, 0.4) is 0 Å². The van der Waals surface area contributed by atoms with Crippen molar-refractivity contribution in [1.29, 1.82) is 0 Å². The van der Waals surface area contributed by atoms with Gasteiger partial charge in [-0.25, -0.2) is 9.97 Å². The number of unbranched alkanes of at least 4 members (excludes halogenated alkanes) is 1. The van der Waals surface area contributed by atoms with Crippen molar-refractivity contribution in [3.05, 3.63) is 36.4 Å². The van der Waals surface area contributed by atoms with Crippen LogP contribution in [-0.2, 0) is 13.1 Å². The summed E-state index contributed by atoms with van der Waals surface area (Å²) in [6.07, 6.45) is 9.91. The number of aryl methyl sites for hydroxylation is 2. The molecule has 0 aliphatic carbocycles. The van der Waals surface area contributed by atoms with Crippen LogP contribution in [0.15, 0.2) is 24.9 Å². The lowest BCUT2D eigenvalue weighted by Gasteiger charge is -2.04. The summed E-state index contributed by atoms with van der Waals surface area (Å²) >= 11 is 0. The number of rotatable bonds is 7. The first-order valence-electron chi connectivity index (χ1n) is 6.01. The molecule has 0 atom stereocenters. The minimum Gasteiger partial charge on any atom is -0.345 e. The number of aromatic nitrogens is 4. The monoisotopic (exact) mass is 233 g/mol. The van der Waals surface area contributed by atoms with E-state index in [9.17, 15) is 0 Å². The largest absolute Gasteiger partial charge is 0.345 e. The Kier molecular flexibility index (Phi) is 4.32. The van der Waals surface area contributed by atoms with Crippen LogP contribution in [0.4, 0.5) is 0 Å². The molecule has 17 heavy (non-hydrogen) atoms. The van der Waals surface area contributed by atoms with E-state index in [1.54, 1.807) is 0 Å². The highest BCUT2D eigenvalue weighted by Crippen LogP contribution is 1.96. The summed E-state index contributed by atoms with van der Waals surface area (Å²) in [5, 5.41) is 3.40. The molecule has 0 saturated carbocycles. The summed E-state index contributed by atoms with van der Waals surface area (Å²) in [6, 6.07) is 0. The molecule has 0 aromatic carbocycles. The molecule has 2 aromatic rings. The Morgan fingerprint density at radius 3 is 3.06 bits per heavy atom. The second-order valence-corrected chi connectivity index (χ2v) is 4.18. The van der Waals surface area contributed by atoms with Gasteiger partial charge in [-0.2, -0.15) is 0 Å². The Bertz CT molecular complexity index is 418. The van der Waals surface area contributed by atoms with Crippen molar-refractivity contribution >= 4 is 0 Å². The van der Waals surface area contributed by atoms with E-state index in [0.29, 0.717) is 0 Å². The van der Waals surface area contributed by atoms with Crippen molar-refractivity contribution in [2.75, 3.05) is 6.54 Å². The lowest BCUT2D eigenvalue weighted by atomic mass is 10.3. The van der Waals surface area contributed by atoms with Gasteiger partial charge in [0.2, 0.25) is 0 Å². The highest BCUT2D eigenvalue weighted by atomic mass is 15.0. The summed E-state index contributed by atoms with van der Waals surface area (Å²) in [4.78, 5) is 11.4. The van der Waals surface area contributed by atoms with E-state index in [1.165, 1.54) is 12.8 Å². The maximum absolute atomic E-state index is 4.16. The van der Waals surface area contributed by atoms with Crippen LogP contribution in [0.25, 0.3) is 0 Å². The molecule has 0 amide bonds. The Morgan fingerprint density at radius 2 is 2.35 bits per heavy atom. The number of nitrogens with one attached hydrogen (secondary N) is 2. The molecular formula is C12H19N5. The van der Waals surface area contributed by atoms with Gasteiger partial charge < -0.3 is 14.9 Å². The average Bonchev–Trinajstić information content (AvgIpc) is 2.95. The van der Waals surface area contributed by atoms with Crippen molar-refractivity contribution in [3.8, 4) is 0 Å². The normalized spacial score (nSPS) is 10.9. The number of hydrogen-bond acceptors (Lipinski definition) is 3. The first kappa shape index (κ1) is 11.9. The van der Waals surface area contributed by atoms with Gasteiger partial charge in [0.1, 0.15) is 5.82 Å². The lowest BCUT2D eigenvalue weighted by molar-refractivity contribution is 0.566. The third-order valence-electron chi connectivity index (χ3n) is 2.65. The Balaban J connectivity index is 1.52. The van der Waals surface area contributed by atoms with Crippen LogP contribution < -0.4 is 5.32 Å². The molecule has 0 unspecified atom stereocenters. The summed E-state index contributed by atoms with van der Waals surface area (Å²) < 4.78 is 2.11. The van der Waals surface area contributed by atoms with E-state index in [2.05, 4.69) is 24.8 Å². The SMILES string of the molecule is Cc1ncc(CNCCCCn2ccnc2)[nH]1. The van der Waals surface area contributed by atoms with E-state index in [0.717, 1.165) is 31.2 Å². The summed E-state index contributed by atoms with van der Waals surface area (Å²) in [6.45, 7) is 4.91. The molecule has 0 radical (unpaired) electrons. The van der Waals surface area contributed by atoms with Crippen molar-refractivity contribution in [2.24, 2.45) is 0 Å². The Morgan fingerprint density at radius 1 is 1.41 bits per heavy atom. The number of H-pyrrole nitrogens is 1. The minimum atomic E-state index is 0.867. The van der Waals surface area contributed by atoms with Crippen molar-refractivity contribution in [3.63, 3.8) is 0 Å². The van der Waals surface area contributed by atoms with Crippen LogP contribution in [-0.4, -0.2) is 26.1 Å². The quantitative estimate of drug-likeness (QED) is 0.712. The fraction of sp³-hybridized carbons (Fsp3) is 0.500. The smallest absolute Gasteiger partial charge is 0.103 e. The van der Waals surface area contributed by atoms with Crippen LogP contribution in [0.1, 0.15) is 24.4 Å². The molecule has 0 fully saturated rings. The fourth-order valence-electron chi connectivity index (χ4n) is 1.75. The van der Waals surface area contributed by atoms with Gasteiger partial charge in [-0.05, 0) is 26.3 Å². The van der Waals surface area contributed by atoms with E-state index in [4.69, 9.17) is 0 Å². The summed E-state index contributed by atoms with van der Waals surface area (Å²) in [5.74, 6) is 0.974. The van der Waals surface area contributed by atoms with Crippen LogP contribution >= 0.6 is 0 Å². The third kappa shape index (κ3) is 4.03. The van der Waals surface area contributed by atoms with Crippen molar-refractivity contribution in [2.45, 2.75) is 32.9 Å².